The van der Waals surface area contributed by atoms with Crippen LogP contribution in [0.2, 0.25) is 0 Å². The number of nitrogens with zero attached hydrogens (tertiary/aromatic N) is 1. The second kappa shape index (κ2) is 3.77. The molecule has 0 unspecified atom stereocenters. The van der Waals surface area contributed by atoms with Crippen LogP contribution in [0.15, 0.2) is 24.3 Å². The molecule has 0 fully saturated rings. The lowest BCUT2D eigenvalue weighted by atomic mass is 10.2. The first kappa shape index (κ1) is 9.77. The van der Waals surface area contributed by atoms with E-state index < -0.39 is 0 Å². The largest absolute Gasteiger partial charge is 0.453 e. The van der Waals surface area contributed by atoms with E-state index in [0.717, 1.165) is 22.9 Å². The summed E-state index contributed by atoms with van der Waals surface area (Å²) in [7, 11) is 0. The van der Waals surface area contributed by atoms with Gasteiger partial charge in [0.15, 0.2) is 5.75 Å². The Bertz CT molecular complexity index is 455. The lowest BCUT2D eigenvalue weighted by Gasteiger charge is -2.05. The van der Waals surface area contributed by atoms with Crippen LogP contribution < -0.4 is 4.74 Å². The molecule has 0 bridgehead atoms. The normalized spacial score (nSPS) is 10.3. The topological polar surface area (TPSA) is 37.9 Å². The minimum Gasteiger partial charge on any atom is -0.453 e. The first-order valence-corrected chi connectivity index (χ1v) is 4.93. The van der Waals surface area contributed by atoms with Crippen molar-refractivity contribution in [3.63, 3.8) is 0 Å². The van der Waals surface area contributed by atoms with E-state index in [2.05, 4.69) is 10.2 Å². The van der Waals surface area contributed by atoms with E-state index in [-0.39, 0.29) is 0 Å². The van der Waals surface area contributed by atoms with Crippen LogP contribution in [0.5, 0.6) is 11.5 Å². The minimum absolute atomic E-state index is 0.820. The quantitative estimate of drug-likeness (QED) is 0.812. The van der Waals surface area contributed by atoms with Crippen LogP contribution in [0.3, 0.4) is 0 Å². The molecular formula is C12H14N2O. The molecule has 2 rings (SSSR count). The highest BCUT2D eigenvalue weighted by molar-refractivity contribution is 5.37. The average molecular weight is 202 g/mol. The highest BCUT2D eigenvalue weighted by Gasteiger charge is 2.08. The van der Waals surface area contributed by atoms with Crippen LogP contribution in [-0.2, 0) is 0 Å². The van der Waals surface area contributed by atoms with Gasteiger partial charge in [-0.3, -0.25) is 5.10 Å². The molecule has 78 valence electrons. The summed E-state index contributed by atoms with van der Waals surface area (Å²) in [4.78, 5) is 0. The van der Waals surface area contributed by atoms with Gasteiger partial charge in [0.05, 0.1) is 5.69 Å². The molecule has 3 heteroatoms. The lowest BCUT2D eigenvalue weighted by molar-refractivity contribution is 0.475. The number of rotatable bonds is 2. The molecule has 0 radical (unpaired) electrons. The number of benzene rings is 1. The van der Waals surface area contributed by atoms with Gasteiger partial charge in [0.1, 0.15) is 11.4 Å². The van der Waals surface area contributed by atoms with Crippen molar-refractivity contribution in [2.24, 2.45) is 0 Å². The van der Waals surface area contributed by atoms with Crippen molar-refractivity contribution in [3.05, 3.63) is 41.2 Å². The van der Waals surface area contributed by atoms with Gasteiger partial charge in [0, 0.05) is 0 Å². The second-order valence-electron chi connectivity index (χ2n) is 3.68. The van der Waals surface area contributed by atoms with Crippen LogP contribution in [-0.4, -0.2) is 10.2 Å². The van der Waals surface area contributed by atoms with Gasteiger partial charge < -0.3 is 4.74 Å². The zero-order chi connectivity index (χ0) is 10.8. The summed E-state index contributed by atoms with van der Waals surface area (Å²) < 4.78 is 5.77. The fraction of sp³-hybridized carbons (Fsp3) is 0.250. The molecule has 0 aliphatic heterocycles. The number of aromatic amines is 1. The van der Waals surface area contributed by atoms with Gasteiger partial charge in [-0.1, -0.05) is 12.1 Å². The molecule has 1 aromatic carbocycles. The van der Waals surface area contributed by atoms with Crippen molar-refractivity contribution in [2.75, 3.05) is 0 Å². The molecule has 0 spiro atoms. The predicted octanol–water partition coefficient (Wildman–Crippen LogP) is 3.13. The number of aromatic nitrogens is 2. The van der Waals surface area contributed by atoms with Gasteiger partial charge in [0.25, 0.3) is 0 Å². The van der Waals surface area contributed by atoms with Crippen LogP contribution in [0.4, 0.5) is 0 Å². The van der Waals surface area contributed by atoms with Crippen LogP contribution in [0.25, 0.3) is 0 Å². The number of hydrogen-bond donors (Lipinski definition) is 1. The Balaban J connectivity index is 2.29. The van der Waals surface area contributed by atoms with Gasteiger partial charge >= 0.3 is 0 Å². The lowest BCUT2D eigenvalue weighted by Crippen LogP contribution is -1.87. The molecule has 1 heterocycles. The Labute approximate surface area is 89.1 Å². The third-order valence-corrected chi connectivity index (χ3v) is 2.27. The van der Waals surface area contributed by atoms with Gasteiger partial charge in [-0.05, 0) is 38.5 Å². The molecule has 0 saturated heterocycles. The molecule has 0 aliphatic carbocycles. The summed E-state index contributed by atoms with van der Waals surface area (Å²) >= 11 is 0. The van der Waals surface area contributed by atoms with Crippen LogP contribution >= 0.6 is 0 Å². The van der Waals surface area contributed by atoms with Gasteiger partial charge in [-0.25, -0.2) is 0 Å². The molecule has 3 nitrogen and oxygen atoms in total. The second-order valence-corrected chi connectivity index (χ2v) is 3.68. The number of H-pyrrole nitrogens is 1. The molecule has 0 aliphatic rings. The van der Waals surface area contributed by atoms with Gasteiger partial charge in [-0.15, -0.1) is 0 Å². The van der Waals surface area contributed by atoms with Crippen molar-refractivity contribution in [2.45, 2.75) is 20.8 Å². The molecule has 1 aromatic heterocycles. The third kappa shape index (κ3) is 2.01. The Morgan fingerprint density at radius 1 is 1.20 bits per heavy atom. The molecule has 15 heavy (non-hydrogen) atoms. The van der Waals surface area contributed by atoms with Gasteiger partial charge in [-0.2, -0.15) is 5.10 Å². The van der Waals surface area contributed by atoms with Crippen LogP contribution in [0, 0.1) is 20.8 Å². The number of aryl methyl sites for hydroxylation is 3. The fourth-order valence-corrected chi connectivity index (χ4v) is 1.49. The summed E-state index contributed by atoms with van der Waals surface area (Å²) in [5.41, 5.74) is 3.02. The van der Waals surface area contributed by atoms with E-state index in [4.69, 9.17) is 4.74 Å². The molecule has 0 amide bonds. The zero-order valence-electron chi connectivity index (χ0n) is 9.16. The zero-order valence-corrected chi connectivity index (χ0v) is 9.16. The van der Waals surface area contributed by atoms with Gasteiger partial charge in [0.2, 0.25) is 0 Å². The average Bonchev–Trinajstić information content (AvgIpc) is 2.50. The molecule has 0 atom stereocenters. The summed E-state index contributed by atoms with van der Waals surface area (Å²) in [6, 6.07) is 7.97. The van der Waals surface area contributed by atoms with Crippen molar-refractivity contribution in [1.29, 1.82) is 0 Å². The molecular weight excluding hydrogens is 188 g/mol. The Morgan fingerprint density at radius 3 is 2.60 bits per heavy atom. The highest BCUT2D eigenvalue weighted by atomic mass is 16.5. The summed E-state index contributed by atoms with van der Waals surface area (Å²) in [6.45, 7) is 5.92. The Morgan fingerprint density at radius 2 is 2.00 bits per heavy atom. The smallest absolute Gasteiger partial charge is 0.170 e. The molecule has 1 N–H and O–H groups in total. The maximum absolute atomic E-state index is 5.77. The third-order valence-electron chi connectivity index (χ3n) is 2.27. The monoisotopic (exact) mass is 202 g/mol. The first-order chi connectivity index (χ1) is 7.16. The van der Waals surface area contributed by atoms with E-state index in [9.17, 15) is 0 Å². The summed E-state index contributed by atoms with van der Waals surface area (Å²) in [5, 5.41) is 6.98. The Kier molecular flexibility index (Phi) is 2.46. The van der Waals surface area contributed by atoms with E-state index >= 15 is 0 Å². The van der Waals surface area contributed by atoms with E-state index in [1.54, 1.807) is 0 Å². The summed E-state index contributed by atoms with van der Waals surface area (Å²) in [5.74, 6) is 1.67. The van der Waals surface area contributed by atoms with E-state index in [1.165, 1.54) is 5.56 Å². The van der Waals surface area contributed by atoms with Crippen molar-refractivity contribution < 1.29 is 4.74 Å². The highest BCUT2D eigenvalue weighted by Crippen LogP contribution is 2.26. The van der Waals surface area contributed by atoms with E-state index in [0.29, 0.717) is 0 Å². The van der Waals surface area contributed by atoms with E-state index in [1.807, 2.05) is 45.0 Å². The number of nitrogens with one attached hydrogen (secondary N) is 1. The van der Waals surface area contributed by atoms with Crippen molar-refractivity contribution in [3.8, 4) is 11.5 Å². The standard InChI is InChI=1S/C12H14N2O/c1-8-5-4-6-11(7-8)15-12-9(2)13-14-10(12)3/h4-7H,1-3H3,(H,13,14). The predicted molar refractivity (Wildman–Crippen MR) is 59.3 cm³/mol. The maximum Gasteiger partial charge on any atom is 0.170 e. The maximum atomic E-state index is 5.77. The number of hydrogen-bond acceptors (Lipinski definition) is 2. The van der Waals surface area contributed by atoms with Crippen LogP contribution in [0.1, 0.15) is 17.0 Å². The SMILES string of the molecule is Cc1cccc(Oc2c(C)n[nH]c2C)c1. The first-order valence-electron chi connectivity index (χ1n) is 4.93. The Hall–Kier alpha value is -1.77. The molecule has 0 saturated carbocycles. The number of ether oxygens (including phenoxy) is 1. The fourth-order valence-electron chi connectivity index (χ4n) is 1.49. The van der Waals surface area contributed by atoms with Crippen molar-refractivity contribution in [1.82, 2.24) is 10.2 Å². The minimum atomic E-state index is 0.820. The summed E-state index contributed by atoms with van der Waals surface area (Å²) in [6.07, 6.45) is 0. The van der Waals surface area contributed by atoms with Crippen molar-refractivity contribution >= 4 is 0 Å². The molecule has 2 aromatic rings.